The number of fused-ring (bicyclic) bond motifs is 2. The molecule has 3 fully saturated rings. The summed E-state index contributed by atoms with van der Waals surface area (Å²) in [5, 5.41) is 11.0. The van der Waals surface area contributed by atoms with Crippen molar-refractivity contribution in [3.8, 4) is 5.75 Å². The fraction of sp³-hybridized carbons (Fsp3) is 0.538. The molecule has 1 aromatic rings. The summed E-state index contributed by atoms with van der Waals surface area (Å²) in [5.41, 5.74) is 1.32. The summed E-state index contributed by atoms with van der Waals surface area (Å²) in [7, 11) is 0. The highest BCUT2D eigenvalue weighted by Crippen LogP contribution is 2.41. The Morgan fingerprint density at radius 3 is 2.44 bits per heavy atom. The van der Waals surface area contributed by atoms with Gasteiger partial charge >= 0.3 is 0 Å². The maximum atomic E-state index is 9.20. The molecule has 2 bridgehead atoms. The Kier molecular flexibility index (Phi) is 2.82. The minimum atomic E-state index is 0.361. The van der Waals surface area contributed by atoms with E-state index in [1.807, 2.05) is 12.1 Å². The summed E-state index contributed by atoms with van der Waals surface area (Å²) in [4.78, 5) is 2.59. The number of hydrogen-bond acceptors (Lipinski definition) is 3. The molecule has 1 aromatic carbocycles. The molecule has 2 nitrogen and oxygen atoms in total. The van der Waals surface area contributed by atoms with Crippen molar-refractivity contribution in [1.82, 2.24) is 4.90 Å². The number of phenols is 1. The van der Waals surface area contributed by atoms with Crippen molar-refractivity contribution in [2.75, 3.05) is 19.6 Å². The third kappa shape index (κ3) is 2.20. The molecular weight excluding hydrogens is 218 g/mol. The lowest BCUT2D eigenvalue weighted by atomic mass is 10.1. The van der Waals surface area contributed by atoms with E-state index in [4.69, 9.17) is 0 Å². The van der Waals surface area contributed by atoms with Gasteiger partial charge in [0.15, 0.2) is 0 Å². The van der Waals surface area contributed by atoms with Crippen molar-refractivity contribution in [3.05, 3.63) is 29.8 Å². The van der Waals surface area contributed by atoms with Crippen LogP contribution >= 0.6 is 11.8 Å². The number of rotatable bonds is 3. The van der Waals surface area contributed by atoms with E-state index < -0.39 is 0 Å². The molecule has 16 heavy (non-hydrogen) atoms. The summed E-state index contributed by atoms with van der Waals surface area (Å²) in [5.74, 6) is 0.361. The lowest BCUT2D eigenvalue weighted by Crippen LogP contribution is -2.51. The van der Waals surface area contributed by atoms with Crippen LogP contribution in [0.1, 0.15) is 12.0 Å². The van der Waals surface area contributed by atoms with Crippen LogP contribution in [0.3, 0.4) is 0 Å². The molecule has 0 aliphatic carbocycles. The van der Waals surface area contributed by atoms with E-state index in [0.717, 1.165) is 16.9 Å². The summed E-state index contributed by atoms with van der Waals surface area (Å²) >= 11 is 2.17. The number of hydrogen-bond donors (Lipinski definition) is 1. The van der Waals surface area contributed by atoms with Gasteiger partial charge in [0.05, 0.1) is 0 Å². The van der Waals surface area contributed by atoms with Crippen LogP contribution in [0, 0.1) is 0 Å². The van der Waals surface area contributed by atoms with Crippen LogP contribution in [0.5, 0.6) is 5.75 Å². The molecule has 0 radical (unpaired) electrons. The van der Waals surface area contributed by atoms with Gasteiger partial charge in [0.1, 0.15) is 5.75 Å². The fourth-order valence-corrected chi connectivity index (χ4v) is 4.04. The van der Waals surface area contributed by atoms with Gasteiger partial charge in [-0.2, -0.15) is 11.8 Å². The van der Waals surface area contributed by atoms with E-state index >= 15 is 0 Å². The molecule has 3 aliphatic rings. The molecule has 2 atom stereocenters. The molecule has 86 valence electrons. The van der Waals surface area contributed by atoms with E-state index in [2.05, 4.69) is 16.7 Å². The minimum absolute atomic E-state index is 0.361. The first-order valence-electron chi connectivity index (χ1n) is 5.95. The highest BCUT2D eigenvalue weighted by molar-refractivity contribution is 8.02. The first-order valence-corrected chi connectivity index (χ1v) is 6.89. The van der Waals surface area contributed by atoms with E-state index in [-0.39, 0.29) is 0 Å². The number of piperidine rings is 1. The molecular formula is C13H17NOS. The Morgan fingerprint density at radius 2 is 1.81 bits per heavy atom. The van der Waals surface area contributed by atoms with Gasteiger partial charge in [-0.25, -0.2) is 0 Å². The molecule has 0 spiro atoms. The van der Waals surface area contributed by atoms with Gasteiger partial charge in [-0.1, -0.05) is 12.1 Å². The molecule has 0 aromatic heterocycles. The van der Waals surface area contributed by atoms with Crippen molar-refractivity contribution < 1.29 is 5.11 Å². The Balaban J connectivity index is 1.51. The van der Waals surface area contributed by atoms with Crippen molar-refractivity contribution in [2.24, 2.45) is 0 Å². The first-order chi connectivity index (χ1) is 7.79. The van der Waals surface area contributed by atoms with Crippen LogP contribution in [0.25, 0.3) is 0 Å². The van der Waals surface area contributed by atoms with Crippen molar-refractivity contribution in [2.45, 2.75) is 23.3 Å². The lowest BCUT2D eigenvalue weighted by Gasteiger charge is -2.46. The second kappa shape index (κ2) is 4.30. The molecule has 3 heteroatoms. The maximum absolute atomic E-state index is 9.20. The monoisotopic (exact) mass is 235 g/mol. The van der Waals surface area contributed by atoms with E-state index in [9.17, 15) is 5.11 Å². The summed E-state index contributed by atoms with van der Waals surface area (Å²) in [6.45, 7) is 3.72. The van der Waals surface area contributed by atoms with Crippen LogP contribution in [-0.2, 0) is 6.42 Å². The molecule has 1 N–H and O–H groups in total. The third-order valence-electron chi connectivity index (χ3n) is 3.49. The Hall–Kier alpha value is -0.670. The second-order valence-electron chi connectivity index (χ2n) is 4.79. The lowest BCUT2D eigenvalue weighted by molar-refractivity contribution is 0.225. The molecule has 0 saturated carbocycles. The summed E-state index contributed by atoms with van der Waals surface area (Å²) < 4.78 is 0. The zero-order valence-corrected chi connectivity index (χ0v) is 10.1. The van der Waals surface area contributed by atoms with Crippen LogP contribution in [0.2, 0.25) is 0 Å². The van der Waals surface area contributed by atoms with Gasteiger partial charge in [0.25, 0.3) is 0 Å². The van der Waals surface area contributed by atoms with Crippen molar-refractivity contribution in [1.29, 1.82) is 0 Å². The zero-order valence-electron chi connectivity index (χ0n) is 9.30. The number of phenolic OH excluding ortho intramolecular Hbond substituents is 1. The summed E-state index contributed by atoms with van der Waals surface area (Å²) in [6.07, 6.45) is 2.55. The topological polar surface area (TPSA) is 23.5 Å². The van der Waals surface area contributed by atoms with Crippen molar-refractivity contribution in [3.63, 3.8) is 0 Å². The SMILES string of the molecule is Oc1ccc(CCN2CC3CC(C2)S3)cc1. The van der Waals surface area contributed by atoms with E-state index in [1.54, 1.807) is 12.1 Å². The van der Waals surface area contributed by atoms with Gasteiger partial charge in [-0.15, -0.1) is 0 Å². The Morgan fingerprint density at radius 1 is 1.19 bits per heavy atom. The minimum Gasteiger partial charge on any atom is -0.508 e. The van der Waals surface area contributed by atoms with E-state index in [1.165, 1.54) is 31.6 Å². The quantitative estimate of drug-likeness (QED) is 0.868. The Labute approximate surface area is 101 Å². The van der Waals surface area contributed by atoms with Gasteiger partial charge in [0.2, 0.25) is 0 Å². The fourth-order valence-electron chi connectivity index (χ4n) is 2.57. The second-order valence-corrected chi connectivity index (χ2v) is 6.40. The van der Waals surface area contributed by atoms with Gasteiger partial charge in [-0.05, 0) is 30.5 Å². The zero-order chi connectivity index (χ0) is 11.0. The number of nitrogens with zero attached hydrogens (tertiary/aromatic N) is 1. The number of aromatic hydroxyl groups is 1. The van der Waals surface area contributed by atoms with Crippen LogP contribution in [-0.4, -0.2) is 40.1 Å². The highest BCUT2D eigenvalue weighted by Gasteiger charge is 2.37. The number of thioether (sulfide) groups is 1. The van der Waals surface area contributed by atoms with Gasteiger partial charge in [0, 0.05) is 30.1 Å². The molecule has 3 saturated heterocycles. The average Bonchev–Trinajstić information content (AvgIpc) is 2.28. The normalized spacial score (nSPS) is 28.8. The van der Waals surface area contributed by atoms with Gasteiger partial charge in [-0.3, -0.25) is 0 Å². The van der Waals surface area contributed by atoms with Crippen LogP contribution in [0.4, 0.5) is 0 Å². The smallest absolute Gasteiger partial charge is 0.115 e. The first kappa shape index (κ1) is 10.5. The molecule has 2 unspecified atom stereocenters. The van der Waals surface area contributed by atoms with Crippen LogP contribution < -0.4 is 0 Å². The third-order valence-corrected chi connectivity index (χ3v) is 4.94. The summed E-state index contributed by atoms with van der Waals surface area (Å²) in [6, 6.07) is 7.60. The molecule has 3 aliphatic heterocycles. The predicted octanol–water partition coefficient (Wildman–Crippen LogP) is 2.12. The maximum Gasteiger partial charge on any atom is 0.115 e. The van der Waals surface area contributed by atoms with Gasteiger partial charge < -0.3 is 10.0 Å². The van der Waals surface area contributed by atoms with Crippen LogP contribution in [0.15, 0.2) is 24.3 Å². The molecule has 0 amide bonds. The van der Waals surface area contributed by atoms with E-state index in [0.29, 0.717) is 5.75 Å². The highest BCUT2D eigenvalue weighted by atomic mass is 32.2. The van der Waals surface area contributed by atoms with Crippen molar-refractivity contribution >= 4 is 11.8 Å². The molecule has 3 heterocycles. The standard InChI is InChI=1S/C13H17NOS/c15-11-3-1-10(2-4-11)5-6-14-8-12-7-13(9-14)16-12/h1-4,12-13,15H,5-9H2. The number of benzene rings is 1. The average molecular weight is 235 g/mol. The Bertz CT molecular complexity index is 349. The predicted molar refractivity (Wildman–Crippen MR) is 68.0 cm³/mol. The molecule has 4 rings (SSSR count). The largest absolute Gasteiger partial charge is 0.508 e.